The summed E-state index contributed by atoms with van der Waals surface area (Å²) < 4.78 is 24.6. The lowest BCUT2D eigenvalue weighted by atomic mass is 10.3. The molecule has 1 fully saturated rings. The standard InChI is InChI=1S/C8H16N2O4S/c9-7-3-4-10(6-7)15(13,14)5-1-2-8(11)12/h7H,1-6,9H2,(H,11,12)/t7-/m0/s1. The van der Waals surface area contributed by atoms with Crippen molar-refractivity contribution in [3.8, 4) is 0 Å². The number of sulfonamides is 1. The summed E-state index contributed by atoms with van der Waals surface area (Å²) in [5.74, 6) is -1.07. The van der Waals surface area contributed by atoms with Crippen molar-refractivity contribution in [1.29, 1.82) is 0 Å². The van der Waals surface area contributed by atoms with E-state index in [0.29, 0.717) is 19.5 Å². The summed E-state index contributed by atoms with van der Waals surface area (Å²) in [6.45, 7) is 0.811. The van der Waals surface area contributed by atoms with Crippen LogP contribution in [-0.2, 0) is 14.8 Å². The maximum Gasteiger partial charge on any atom is 0.303 e. The first-order valence-corrected chi connectivity index (χ1v) is 6.48. The van der Waals surface area contributed by atoms with Crippen molar-refractivity contribution in [1.82, 2.24) is 4.31 Å². The molecule has 0 aliphatic carbocycles. The van der Waals surface area contributed by atoms with E-state index in [4.69, 9.17) is 10.8 Å². The zero-order chi connectivity index (χ0) is 11.5. The Morgan fingerprint density at radius 1 is 1.53 bits per heavy atom. The van der Waals surface area contributed by atoms with E-state index in [1.807, 2.05) is 0 Å². The SMILES string of the molecule is N[C@H]1CCN(S(=O)(=O)CCCC(=O)O)C1. The first-order chi connectivity index (χ1) is 6.92. The van der Waals surface area contributed by atoms with Gasteiger partial charge in [0.25, 0.3) is 0 Å². The molecule has 6 nitrogen and oxygen atoms in total. The highest BCUT2D eigenvalue weighted by molar-refractivity contribution is 7.89. The summed E-state index contributed by atoms with van der Waals surface area (Å²) in [4.78, 5) is 10.2. The van der Waals surface area contributed by atoms with Crippen molar-refractivity contribution >= 4 is 16.0 Å². The molecule has 1 aliphatic rings. The van der Waals surface area contributed by atoms with E-state index >= 15 is 0 Å². The minimum Gasteiger partial charge on any atom is -0.481 e. The van der Waals surface area contributed by atoms with Crippen LogP contribution in [0.25, 0.3) is 0 Å². The molecule has 0 amide bonds. The Morgan fingerprint density at radius 3 is 2.67 bits per heavy atom. The monoisotopic (exact) mass is 236 g/mol. The van der Waals surface area contributed by atoms with E-state index in [9.17, 15) is 13.2 Å². The van der Waals surface area contributed by atoms with Gasteiger partial charge in [0.2, 0.25) is 10.0 Å². The van der Waals surface area contributed by atoms with Gasteiger partial charge in [-0.2, -0.15) is 0 Å². The zero-order valence-corrected chi connectivity index (χ0v) is 9.24. The predicted octanol–water partition coefficient (Wildman–Crippen LogP) is -0.786. The molecular formula is C8H16N2O4S. The van der Waals surface area contributed by atoms with Crippen molar-refractivity contribution < 1.29 is 18.3 Å². The van der Waals surface area contributed by atoms with Crippen molar-refractivity contribution in [2.45, 2.75) is 25.3 Å². The number of rotatable bonds is 5. The lowest BCUT2D eigenvalue weighted by molar-refractivity contribution is -0.137. The molecule has 1 saturated heterocycles. The van der Waals surface area contributed by atoms with Crippen LogP contribution in [-0.4, -0.2) is 48.7 Å². The number of nitrogens with zero attached hydrogens (tertiary/aromatic N) is 1. The van der Waals surface area contributed by atoms with E-state index in [-0.39, 0.29) is 24.6 Å². The molecule has 1 atom stereocenters. The average Bonchev–Trinajstić information content (AvgIpc) is 2.51. The summed E-state index contributed by atoms with van der Waals surface area (Å²) in [6, 6.07) is -0.0840. The predicted molar refractivity (Wildman–Crippen MR) is 54.8 cm³/mol. The van der Waals surface area contributed by atoms with Crippen LogP contribution >= 0.6 is 0 Å². The summed E-state index contributed by atoms with van der Waals surface area (Å²) >= 11 is 0. The molecule has 0 saturated carbocycles. The van der Waals surface area contributed by atoms with Crippen LogP contribution in [0.1, 0.15) is 19.3 Å². The van der Waals surface area contributed by atoms with Crippen molar-refractivity contribution in [2.24, 2.45) is 5.73 Å². The van der Waals surface area contributed by atoms with Gasteiger partial charge in [-0.1, -0.05) is 0 Å². The average molecular weight is 236 g/mol. The highest BCUT2D eigenvalue weighted by Gasteiger charge is 2.28. The van der Waals surface area contributed by atoms with Crippen molar-refractivity contribution in [3.63, 3.8) is 0 Å². The van der Waals surface area contributed by atoms with Gasteiger partial charge in [0.1, 0.15) is 0 Å². The topological polar surface area (TPSA) is 101 Å². The second-order valence-corrected chi connectivity index (χ2v) is 5.81. The van der Waals surface area contributed by atoms with Gasteiger partial charge in [-0.15, -0.1) is 0 Å². The fourth-order valence-electron chi connectivity index (χ4n) is 1.54. The normalized spacial score (nSPS) is 23.1. The minimum absolute atomic E-state index is 0.0840. The van der Waals surface area contributed by atoms with E-state index in [1.165, 1.54) is 4.31 Å². The van der Waals surface area contributed by atoms with E-state index in [2.05, 4.69) is 0 Å². The molecule has 0 aromatic heterocycles. The van der Waals surface area contributed by atoms with Gasteiger partial charge in [-0.05, 0) is 12.8 Å². The molecule has 3 N–H and O–H groups in total. The van der Waals surface area contributed by atoms with Gasteiger partial charge < -0.3 is 10.8 Å². The summed E-state index contributed by atoms with van der Waals surface area (Å²) in [5.41, 5.74) is 5.60. The smallest absolute Gasteiger partial charge is 0.303 e. The molecule has 0 bridgehead atoms. The third-order valence-electron chi connectivity index (χ3n) is 2.37. The lowest BCUT2D eigenvalue weighted by Crippen LogP contribution is -2.33. The molecule has 15 heavy (non-hydrogen) atoms. The molecule has 1 heterocycles. The number of carboxylic acids is 1. The second-order valence-electron chi connectivity index (χ2n) is 3.72. The van der Waals surface area contributed by atoms with E-state index in [1.54, 1.807) is 0 Å². The van der Waals surface area contributed by atoms with Gasteiger partial charge in [-0.3, -0.25) is 4.79 Å². The third-order valence-corrected chi connectivity index (χ3v) is 4.30. The Hall–Kier alpha value is -0.660. The van der Waals surface area contributed by atoms with Crippen LogP contribution in [0.15, 0.2) is 0 Å². The van der Waals surface area contributed by atoms with Crippen LogP contribution in [0.3, 0.4) is 0 Å². The summed E-state index contributed by atoms with van der Waals surface area (Å²) in [6.07, 6.45) is 0.723. The summed E-state index contributed by atoms with van der Waals surface area (Å²) in [5, 5.41) is 8.39. The van der Waals surface area contributed by atoms with Crippen LogP contribution < -0.4 is 5.73 Å². The van der Waals surface area contributed by atoms with Crippen molar-refractivity contribution in [3.05, 3.63) is 0 Å². The maximum atomic E-state index is 11.6. The maximum absolute atomic E-state index is 11.6. The van der Waals surface area contributed by atoms with Gasteiger partial charge in [0, 0.05) is 25.6 Å². The number of aliphatic carboxylic acids is 1. The Labute approximate surface area is 89.1 Å². The molecule has 0 aromatic rings. The Kier molecular flexibility index (Phi) is 4.06. The molecule has 88 valence electrons. The van der Waals surface area contributed by atoms with Crippen LogP contribution in [0.4, 0.5) is 0 Å². The van der Waals surface area contributed by atoms with E-state index < -0.39 is 16.0 Å². The van der Waals surface area contributed by atoms with Crippen LogP contribution in [0, 0.1) is 0 Å². The van der Waals surface area contributed by atoms with E-state index in [0.717, 1.165) is 0 Å². The fourth-order valence-corrected chi connectivity index (χ4v) is 3.11. The molecule has 0 radical (unpaired) electrons. The fraction of sp³-hybridized carbons (Fsp3) is 0.875. The minimum atomic E-state index is -3.30. The molecular weight excluding hydrogens is 220 g/mol. The first kappa shape index (κ1) is 12.4. The van der Waals surface area contributed by atoms with Gasteiger partial charge >= 0.3 is 5.97 Å². The largest absolute Gasteiger partial charge is 0.481 e. The molecule has 0 spiro atoms. The first-order valence-electron chi connectivity index (χ1n) is 4.87. The zero-order valence-electron chi connectivity index (χ0n) is 8.42. The highest BCUT2D eigenvalue weighted by atomic mass is 32.2. The number of carboxylic acid groups (broad SMARTS) is 1. The van der Waals surface area contributed by atoms with Gasteiger partial charge in [-0.25, -0.2) is 12.7 Å². The van der Waals surface area contributed by atoms with Gasteiger partial charge in [0.05, 0.1) is 5.75 Å². The lowest BCUT2D eigenvalue weighted by Gasteiger charge is -2.15. The number of carbonyl (C=O) groups is 1. The number of nitrogens with two attached hydrogens (primary N) is 1. The van der Waals surface area contributed by atoms with Crippen LogP contribution in [0.2, 0.25) is 0 Å². The van der Waals surface area contributed by atoms with Crippen molar-refractivity contribution in [2.75, 3.05) is 18.8 Å². The molecule has 7 heteroatoms. The molecule has 0 unspecified atom stereocenters. The van der Waals surface area contributed by atoms with Gasteiger partial charge in [0.15, 0.2) is 0 Å². The molecule has 1 aliphatic heterocycles. The second kappa shape index (κ2) is 4.91. The Balaban J connectivity index is 2.42. The Morgan fingerprint density at radius 2 is 2.20 bits per heavy atom. The molecule has 1 rings (SSSR count). The molecule has 0 aromatic carbocycles. The number of hydrogen-bond acceptors (Lipinski definition) is 4. The van der Waals surface area contributed by atoms with Crippen LogP contribution in [0.5, 0.6) is 0 Å². The third kappa shape index (κ3) is 3.77. The Bertz CT molecular complexity index is 328. The number of hydrogen-bond donors (Lipinski definition) is 2. The highest BCUT2D eigenvalue weighted by Crippen LogP contribution is 2.13. The summed E-state index contributed by atoms with van der Waals surface area (Å²) in [7, 11) is -3.30. The quantitative estimate of drug-likeness (QED) is 0.651.